The second-order valence-electron chi connectivity index (χ2n) is 7.13. The highest BCUT2D eigenvalue weighted by atomic mass is 16.5. The summed E-state index contributed by atoms with van der Waals surface area (Å²) in [5.41, 5.74) is 2.12. The van der Waals surface area contributed by atoms with Crippen molar-refractivity contribution in [2.45, 2.75) is 6.54 Å². The molecule has 5 heteroatoms. The van der Waals surface area contributed by atoms with Gasteiger partial charge in [0.05, 0.1) is 12.5 Å². The molecule has 5 nitrogen and oxygen atoms in total. The molecule has 5 rings (SSSR count). The van der Waals surface area contributed by atoms with Crippen LogP contribution in [0.15, 0.2) is 54.9 Å². The molecular formula is C21H19N3O2. The molecule has 2 fully saturated rings. The van der Waals surface area contributed by atoms with Gasteiger partial charge in [-0.05, 0) is 10.8 Å². The monoisotopic (exact) mass is 345 g/mol. The first-order valence-electron chi connectivity index (χ1n) is 8.96. The maximum absolute atomic E-state index is 11.7. The van der Waals surface area contributed by atoms with Crippen LogP contribution in [0.2, 0.25) is 0 Å². The molecule has 0 aliphatic carbocycles. The van der Waals surface area contributed by atoms with Crippen molar-refractivity contribution in [2.75, 3.05) is 19.7 Å². The zero-order valence-electron chi connectivity index (χ0n) is 14.3. The van der Waals surface area contributed by atoms with Crippen LogP contribution < -0.4 is 0 Å². The Labute approximate surface area is 151 Å². The lowest BCUT2D eigenvalue weighted by atomic mass is 10.0. The van der Waals surface area contributed by atoms with Crippen molar-refractivity contribution < 1.29 is 9.53 Å². The molecule has 0 spiro atoms. The van der Waals surface area contributed by atoms with E-state index in [-0.39, 0.29) is 11.9 Å². The Hall–Kier alpha value is -2.79. The molecule has 0 radical (unpaired) electrons. The fourth-order valence-electron chi connectivity index (χ4n) is 4.08. The molecule has 0 bridgehead atoms. The number of nitrogens with zero attached hydrogens (tertiary/aromatic N) is 3. The van der Waals surface area contributed by atoms with Gasteiger partial charge in [-0.1, -0.05) is 42.5 Å². The summed E-state index contributed by atoms with van der Waals surface area (Å²) in [6, 6.07) is 14.5. The molecule has 2 atom stereocenters. The number of fused-ring (bicyclic) bond motifs is 2. The molecule has 1 aromatic heterocycles. The minimum atomic E-state index is -0.0416. The molecule has 0 N–H and O–H groups in total. The van der Waals surface area contributed by atoms with E-state index >= 15 is 0 Å². The van der Waals surface area contributed by atoms with Gasteiger partial charge in [-0.15, -0.1) is 0 Å². The molecule has 2 aliphatic heterocycles. The van der Waals surface area contributed by atoms with Crippen molar-refractivity contribution in [3.8, 4) is 11.4 Å². The van der Waals surface area contributed by atoms with E-state index in [4.69, 9.17) is 4.74 Å². The van der Waals surface area contributed by atoms with Crippen LogP contribution in [0.3, 0.4) is 0 Å². The summed E-state index contributed by atoms with van der Waals surface area (Å²) in [5, 5.41) is 2.35. The Morgan fingerprint density at radius 3 is 2.69 bits per heavy atom. The van der Waals surface area contributed by atoms with Gasteiger partial charge < -0.3 is 4.74 Å². The quantitative estimate of drug-likeness (QED) is 0.683. The van der Waals surface area contributed by atoms with Gasteiger partial charge in [-0.25, -0.2) is 9.97 Å². The van der Waals surface area contributed by atoms with Crippen molar-refractivity contribution in [3.63, 3.8) is 0 Å². The van der Waals surface area contributed by atoms with Gasteiger partial charge in [0.2, 0.25) is 0 Å². The molecule has 0 saturated carbocycles. The summed E-state index contributed by atoms with van der Waals surface area (Å²) < 4.78 is 5.13. The lowest BCUT2D eigenvalue weighted by molar-refractivity contribution is -0.141. The molecular weight excluding hydrogens is 326 g/mol. The lowest BCUT2D eigenvalue weighted by Crippen LogP contribution is -2.23. The van der Waals surface area contributed by atoms with E-state index in [1.165, 1.54) is 5.39 Å². The smallest absolute Gasteiger partial charge is 0.310 e. The second-order valence-corrected chi connectivity index (χ2v) is 7.13. The Morgan fingerprint density at radius 1 is 1.04 bits per heavy atom. The third kappa shape index (κ3) is 2.65. The standard InChI is InChI=1S/C21H19N3O2/c25-21-19-12-24(11-16(19)13-26-21)10-14-8-22-20(23-9-14)18-7-3-5-15-4-1-2-6-17(15)18/h1-9,16,19H,10-13H2/t16-,19-/m1/s1. The summed E-state index contributed by atoms with van der Waals surface area (Å²) in [7, 11) is 0. The highest BCUT2D eigenvalue weighted by molar-refractivity contribution is 5.94. The van der Waals surface area contributed by atoms with E-state index in [9.17, 15) is 4.79 Å². The van der Waals surface area contributed by atoms with Crippen LogP contribution in [-0.2, 0) is 16.1 Å². The first-order chi connectivity index (χ1) is 12.8. The zero-order chi connectivity index (χ0) is 17.5. The number of ether oxygens (including phenoxy) is 1. The number of hydrogen-bond acceptors (Lipinski definition) is 5. The molecule has 0 unspecified atom stereocenters. The predicted molar refractivity (Wildman–Crippen MR) is 98.2 cm³/mol. The van der Waals surface area contributed by atoms with Crippen LogP contribution >= 0.6 is 0 Å². The number of carbonyl (C=O) groups excluding carboxylic acids is 1. The Balaban J connectivity index is 1.35. The fourth-order valence-corrected chi connectivity index (χ4v) is 4.08. The van der Waals surface area contributed by atoms with Crippen molar-refractivity contribution in [1.82, 2.24) is 14.9 Å². The van der Waals surface area contributed by atoms with Crippen molar-refractivity contribution in [3.05, 3.63) is 60.4 Å². The highest BCUT2D eigenvalue weighted by Crippen LogP contribution is 2.31. The third-order valence-corrected chi connectivity index (χ3v) is 5.40. The maximum atomic E-state index is 11.7. The highest BCUT2D eigenvalue weighted by Gasteiger charge is 2.43. The molecule has 130 valence electrons. The minimum absolute atomic E-state index is 0.0416. The molecule has 2 saturated heterocycles. The Morgan fingerprint density at radius 2 is 1.85 bits per heavy atom. The van der Waals surface area contributed by atoms with Crippen molar-refractivity contribution >= 4 is 16.7 Å². The van der Waals surface area contributed by atoms with E-state index in [1.807, 2.05) is 30.6 Å². The average molecular weight is 345 g/mol. The van der Waals surface area contributed by atoms with Gasteiger partial charge in [0.1, 0.15) is 0 Å². The van der Waals surface area contributed by atoms with Gasteiger partial charge in [0.15, 0.2) is 5.82 Å². The minimum Gasteiger partial charge on any atom is -0.465 e. The van der Waals surface area contributed by atoms with Crippen molar-refractivity contribution in [2.24, 2.45) is 11.8 Å². The number of benzene rings is 2. The topological polar surface area (TPSA) is 55.3 Å². The average Bonchev–Trinajstić information content (AvgIpc) is 3.23. The van der Waals surface area contributed by atoms with Crippen LogP contribution in [0, 0.1) is 11.8 Å². The van der Waals surface area contributed by atoms with Gasteiger partial charge in [0.25, 0.3) is 0 Å². The van der Waals surface area contributed by atoms with E-state index in [2.05, 4.69) is 39.1 Å². The number of rotatable bonds is 3. The number of likely N-dealkylation sites (tertiary alicyclic amines) is 1. The number of carbonyl (C=O) groups is 1. The first kappa shape index (κ1) is 15.5. The Kier molecular flexibility index (Phi) is 3.68. The SMILES string of the molecule is O=C1OC[C@H]2CN(Cc3cnc(-c4cccc5ccccc45)nc3)C[C@@H]12. The van der Waals surface area contributed by atoms with Crippen LogP contribution in [0.5, 0.6) is 0 Å². The third-order valence-electron chi connectivity index (χ3n) is 5.40. The van der Waals surface area contributed by atoms with Crippen LogP contribution in [-0.4, -0.2) is 40.5 Å². The van der Waals surface area contributed by atoms with Crippen molar-refractivity contribution in [1.29, 1.82) is 0 Å². The number of hydrogen-bond donors (Lipinski definition) is 0. The van der Waals surface area contributed by atoms with Gasteiger partial charge in [0, 0.05) is 49.1 Å². The van der Waals surface area contributed by atoms with Crippen LogP contribution in [0.1, 0.15) is 5.56 Å². The molecule has 0 amide bonds. The van der Waals surface area contributed by atoms with E-state index in [0.717, 1.165) is 42.0 Å². The summed E-state index contributed by atoms with van der Waals surface area (Å²) in [5.74, 6) is 1.09. The van der Waals surface area contributed by atoms with E-state index in [1.54, 1.807) is 0 Å². The number of cyclic esters (lactones) is 1. The van der Waals surface area contributed by atoms with Crippen LogP contribution in [0.25, 0.3) is 22.2 Å². The first-order valence-corrected chi connectivity index (χ1v) is 8.96. The molecule has 26 heavy (non-hydrogen) atoms. The lowest BCUT2D eigenvalue weighted by Gasteiger charge is -2.16. The van der Waals surface area contributed by atoms with Gasteiger partial charge >= 0.3 is 5.97 Å². The fraction of sp³-hybridized carbons (Fsp3) is 0.286. The summed E-state index contributed by atoms with van der Waals surface area (Å²) in [4.78, 5) is 23.2. The normalized spacial score (nSPS) is 22.5. The largest absolute Gasteiger partial charge is 0.465 e. The number of esters is 1. The molecule has 3 heterocycles. The Bertz CT molecular complexity index is 965. The maximum Gasteiger partial charge on any atom is 0.310 e. The predicted octanol–water partition coefficient (Wildman–Crippen LogP) is 2.90. The second kappa shape index (κ2) is 6.18. The summed E-state index contributed by atoms with van der Waals surface area (Å²) >= 11 is 0. The van der Waals surface area contributed by atoms with Crippen LogP contribution in [0.4, 0.5) is 0 Å². The molecule has 2 aliphatic rings. The van der Waals surface area contributed by atoms with Gasteiger partial charge in [-0.3, -0.25) is 9.69 Å². The summed E-state index contributed by atoms with van der Waals surface area (Å²) in [6.07, 6.45) is 3.80. The summed E-state index contributed by atoms with van der Waals surface area (Å²) in [6.45, 7) is 3.02. The van der Waals surface area contributed by atoms with Gasteiger partial charge in [-0.2, -0.15) is 0 Å². The molecule has 3 aromatic rings. The molecule has 2 aromatic carbocycles. The number of aromatic nitrogens is 2. The zero-order valence-corrected chi connectivity index (χ0v) is 14.3. The van der Waals surface area contributed by atoms with E-state index < -0.39 is 0 Å². The van der Waals surface area contributed by atoms with E-state index in [0.29, 0.717) is 12.5 Å².